The third-order valence-electron chi connectivity index (χ3n) is 2.47. The van der Waals surface area contributed by atoms with Crippen molar-refractivity contribution in [1.82, 2.24) is 0 Å². The molecule has 0 unspecified atom stereocenters. The molecule has 2 aromatic rings. The Bertz CT molecular complexity index is 666. The van der Waals surface area contributed by atoms with Gasteiger partial charge in [-0.25, -0.2) is 4.85 Å². The van der Waals surface area contributed by atoms with Gasteiger partial charge in [0, 0.05) is 17.3 Å². The molecule has 0 fully saturated rings. The summed E-state index contributed by atoms with van der Waals surface area (Å²) in [5.41, 5.74) is 0.375. The Kier molecular flexibility index (Phi) is 4.64. The van der Waals surface area contributed by atoms with Gasteiger partial charge in [0.2, 0.25) is 5.69 Å². The van der Waals surface area contributed by atoms with Crippen molar-refractivity contribution in [2.75, 3.05) is 0 Å². The Balaban J connectivity index is 2.00. The van der Waals surface area contributed by atoms with E-state index in [4.69, 9.17) is 6.57 Å². The molecule has 0 atom stereocenters. The normalized spacial score (nSPS) is 10.1. The first-order valence-electron chi connectivity index (χ1n) is 5.38. The fraction of sp³-hybridized carbons (Fsp3) is 0.154. The molecule has 0 bridgehead atoms. The maximum absolute atomic E-state index is 12.0. The van der Waals surface area contributed by atoms with Gasteiger partial charge >= 0.3 is 0 Å². The lowest BCUT2D eigenvalue weighted by Crippen LogP contribution is -2.03. The van der Waals surface area contributed by atoms with Gasteiger partial charge in [-0.15, -0.1) is 11.3 Å². The number of hydrogen-bond donors (Lipinski definition) is 0. The predicted molar refractivity (Wildman–Crippen MR) is 80.5 cm³/mol. The summed E-state index contributed by atoms with van der Waals surface area (Å²) in [6.45, 7) is 6.96. The van der Waals surface area contributed by atoms with Gasteiger partial charge in [-0.3, -0.25) is 9.59 Å². The third kappa shape index (κ3) is 3.18. The van der Waals surface area contributed by atoms with E-state index in [2.05, 4.69) is 20.8 Å². The highest BCUT2D eigenvalue weighted by Crippen LogP contribution is 2.28. The van der Waals surface area contributed by atoms with E-state index >= 15 is 0 Å². The number of halogens is 1. The van der Waals surface area contributed by atoms with Crippen LogP contribution in [0.4, 0.5) is 5.69 Å². The first-order chi connectivity index (χ1) is 9.13. The summed E-state index contributed by atoms with van der Waals surface area (Å²) in [7, 11) is 0. The van der Waals surface area contributed by atoms with E-state index in [0.717, 1.165) is 4.47 Å². The quantitative estimate of drug-likeness (QED) is 0.562. The first-order valence-corrected chi connectivity index (χ1v) is 7.93. The molecule has 19 heavy (non-hydrogen) atoms. The minimum atomic E-state index is -0.137. The molecule has 0 amide bonds. The van der Waals surface area contributed by atoms with Crippen molar-refractivity contribution in [2.24, 2.45) is 0 Å². The lowest BCUT2D eigenvalue weighted by atomic mass is 10.1. The lowest BCUT2D eigenvalue weighted by molar-refractivity contribution is 0.0921. The number of carbonyl (C=O) groups excluding carboxylic acids is 2. The molecule has 0 aliphatic carbocycles. The van der Waals surface area contributed by atoms with Crippen LogP contribution in [0.3, 0.4) is 0 Å². The standard InChI is InChI=1S/C13H8BrNO2S2/c1-15-9-5-7-19-13(9)11(17)3-2-10(16)12-8(14)4-6-18-12/h4-7H,2-3H2. The predicted octanol–water partition coefficient (Wildman–Crippen LogP) is 4.97. The Hall–Kier alpha value is -1.29. The van der Waals surface area contributed by atoms with Crippen LogP contribution in [0.5, 0.6) is 0 Å². The zero-order chi connectivity index (χ0) is 13.8. The molecule has 0 aliphatic rings. The highest BCUT2D eigenvalue weighted by molar-refractivity contribution is 9.10. The monoisotopic (exact) mass is 353 g/mol. The van der Waals surface area contributed by atoms with Gasteiger partial charge in [0.05, 0.1) is 16.3 Å². The average molecular weight is 354 g/mol. The third-order valence-corrected chi connectivity index (χ3v) is 5.29. The molecule has 0 spiro atoms. The maximum Gasteiger partial charge on any atom is 0.208 e. The average Bonchev–Trinajstić information content (AvgIpc) is 3.03. The Morgan fingerprint density at radius 3 is 2.26 bits per heavy atom. The fourth-order valence-corrected chi connectivity index (χ4v) is 3.91. The highest BCUT2D eigenvalue weighted by atomic mass is 79.9. The summed E-state index contributed by atoms with van der Waals surface area (Å²) < 4.78 is 0.771. The fourth-order valence-electron chi connectivity index (χ4n) is 1.55. The van der Waals surface area contributed by atoms with Gasteiger partial charge < -0.3 is 0 Å². The molecule has 6 heteroatoms. The summed E-state index contributed by atoms with van der Waals surface area (Å²) in [5, 5.41) is 3.55. The molecule has 0 aromatic carbocycles. The van der Waals surface area contributed by atoms with Gasteiger partial charge in [0.25, 0.3) is 0 Å². The van der Waals surface area contributed by atoms with Crippen molar-refractivity contribution in [2.45, 2.75) is 12.8 Å². The number of ketones is 2. The van der Waals surface area contributed by atoms with Crippen LogP contribution in [0.1, 0.15) is 32.2 Å². The summed E-state index contributed by atoms with van der Waals surface area (Å²) in [5.74, 6) is -0.182. The summed E-state index contributed by atoms with van der Waals surface area (Å²) in [6.07, 6.45) is 0.319. The van der Waals surface area contributed by atoms with Crippen molar-refractivity contribution in [1.29, 1.82) is 0 Å². The summed E-state index contributed by atoms with van der Waals surface area (Å²) in [4.78, 5) is 28.3. The molecule has 0 saturated carbocycles. The van der Waals surface area contributed by atoms with Crippen molar-refractivity contribution in [3.63, 3.8) is 0 Å². The van der Waals surface area contributed by atoms with Gasteiger partial charge in [-0.1, -0.05) is 0 Å². The van der Waals surface area contributed by atoms with E-state index in [1.807, 2.05) is 11.4 Å². The zero-order valence-electron chi connectivity index (χ0n) is 9.68. The molecule has 3 nitrogen and oxygen atoms in total. The van der Waals surface area contributed by atoms with Crippen LogP contribution in [-0.2, 0) is 0 Å². The van der Waals surface area contributed by atoms with E-state index in [-0.39, 0.29) is 24.4 Å². The largest absolute Gasteiger partial charge is 0.295 e. The van der Waals surface area contributed by atoms with Crippen LogP contribution in [-0.4, -0.2) is 11.6 Å². The van der Waals surface area contributed by atoms with Crippen LogP contribution in [0.25, 0.3) is 4.85 Å². The van der Waals surface area contributed by atoms with Gasteiger partial charge in [-0.05, 0) is 38.8 Å². The number of rotatable bonds is 5. The second kappa shape index (κ2) is 6.24. The van der Waals surface area contributed by atoms with Crippen molar-refractivity contribution < 1.29 is 9.59 Å². The van der Waals surface area contributed by atoms with E-state index in [0.29, 0.717) is 15.4 Å². The van der Waals surface area contributed by atoms with E-state index in [1.54, 1.807) is 11.4 Å². The minimum absolute atomic E-state index is 0.0452. The SMILES string of the molecule is [C-]#[N+]c1ccsc1C(=O)CCC(=O)c1sccc1Br. The Morgan fingerprint density at radius 1 is 1.11 bits per heavy atom. The molecular weight excluding hydrogens is 346 g/mol. The molecular formula is C13H8BrNO2S2. The van der Waals surface area contributed by atoms with E-state index < -0.39 is 0 Å². The summed E-state index contributed by atoms with van der Waals surface area (Å²) in [6, 6.07) is 3.44. The van der Waals surface area contributed by atoms with Crippen LogP contribution >= 0.6 is 38.6 Å². The van der Waals surface area contributed by atoms with Crippen molar-refractivity contribution >= 4 is 55.9 Å². The molecule has 0 aliphatic heterocycles. The molecule has 0 radical (unpaired) electrons. The topological polar surface area (TPSA) is 38.5 Å². The molecule has 96 valence electrons. The minimum Gasteiger partial charge on any atom is -0.295 e. The Morgan fingerprint density at radius 2 is 1.68 bits per heavy atom. The van der Waals surface area contributed by atoms with Crippen LogP contribution in [0.2, 0.25) is 0 Å². The molecule has 2 rings (SSSR count). The second-order valence-corrected chi connectivity index (χ2v) is 6.38. The first kappa shape index (κ1) is 14.1. The van der Waals surface area contributed by atoms with Gasteiger partial charge in [-0.2, -0.15) is 11.3 Å². The molecule has 2 aromatic heterocycles. The van der Waals surface area contributed by atoms with E-state index in [1.165, 1.54) is 22.7 Å². The van der Waals surface area contributed by atoms with E-state index in [9.17, 15) is 9.59 Å². The molecule has 0 saturated heterocycles. The highest BCUT2D eigenvalue weighted by Gasteiger charge is 2.17. The molecule has 0 N–H and O–H groups in total. The number of carbonyl (C=O) groups is 2. The lowest BCUT2D eigenvalue weighted by Gasteiger charge is -1.99. The van der Waals surface area contributed by atoms with Gasteiger partial charge in [0.1, 0.15) is 0 Å². The van der Waals surface area contributed by atoms with Crippen LogP contribution in [0.15, 0.2) is 27.4 Å². The van der Waals surface area contributed by atoms with Crippen molar-refractivity contribution in [3.05, 3.63) is 48.5 Å². The number of nitrogens with zero attached hydrogens (tertiary/aromatic N) is 1. The maximum atomic E-state index is 12.0. The van der Waals surface area contributed by atoms with Crippen LogP contribution < -0.4 is 0 Å². The Labute approximate surface area is 126 Å². The number of Topliss-reactive ketones (excluding diaryl/α,β-unsaturated/α-hetero) is 2. The van der Waals surface area contributed by atoms with Crippen molar-refractivity contribution in [3.8, 4) is 0 Å². The summed E-state index contributed by atoms with van der Waals surface area (Å²) >= 11 is 5.92. The van der Waals surface area contributed by atoms with Crippen LogP contribution in [0, 0.1) is 6.57 Å². The smallest absolute Gasteiger partial charge is 0.208 e. The molecule has 2 heterocycles. The second-order valence-electron chi connectivity index (χ2n) is 3.69. The number of thiophene rings is 2. The zero-order valence-corrected chi connectivity index (χ0v) is 12.9. The number of hydrogen-bond acceptors (Lipinski definition) is 4. The van der Waals surface area contributed by atoms with Gasteiger partial charge in [0.15, 0.2) is 11.6 Å².